The van der Waals surface area contributed by atoms with E-state index in [9.17, 15) is 9.18 Å². The predicted octanol–water partition coefficient (Wildman–Crippen LogP) is 3.97. The Morgan fingerprint density at radius 3 is 2.54 bits per heavy atom. The summed E-state index contributed by atoms with van der Waals surface area (Å²) in [6.45, 7) is 1.57. The summed E-state index contributed by atoms with van der Waals surface area (Å²) in [4.78, 5) is 12.8. The van der Waals surface area contributed by atoms with Gasteiger partial charge in [0.25, 0.3) is 5.91 Å². The third kappa shape index (κ3) is 4.69. The van der Waals surface area contributed by atoms with Gasteiger partial charge in [0.2, 0.25) is 0 Å². The highest BCUT2D eigenvalue weighted by atomic mass is 35.5. The van der Waals surface area contributed by atoms with Crippen molar-refractivity contribution in [2.75, 3.05) is 32.6 Å². The Morgan fingerprint density at radius 2 is 1.93 bits per heavy atom. The quantitative estimate of drug-likeness (QED) is 0.706. The van der Waals surface area contributed by atoms with Crippen LogP contribution >= 0.6 is 24.0 Å². The molecule has 28 heavy (non-hydrogen) atoms. The molecule has 2 aromatic carbocycles. The van der Waals surface area contributed by atoms with Crippen LogP contribution in [0.1, 0.15) is 28.8 Å². The van der Waals surface area contributed by atoms with Gasteiger partial charge in [-0.25, -0.2) is 4.39 Å². The number of hydrogen-bond donors (Lipinski definition) is 2. The number of carbonyl (C=O) groups is 1. The molecule has 0 aliphatic carbocycles. The van der Waals surface area contributed by atoms with Gasteiger partial charge in [0.15, 0.2) is 0 Å². The lowest BCUT2D eigenvalue weighted by Gasteiger charge is -2.38. The van der Waals surface area contributed by atoms with E-state index in [2.05, 4.69) is 5.32 Å². The highest BCUT2D eigenvalue weighted by molar-refractivity contribution is 6.33. The van der Waals surface area contributed by atoms with Gasteiger partial charge in [-0.2, -0.15) is 0 Å². The van der Waals surface area contributed by atoms with Crippen molar-refractivity contribution in [2.24, 2.45) is 0 Å². The van der Waals surface area contributed by atoms with E-state index in [1.165, 1.54) is 31.4 Å². The molecule has 0 spiro atoms. The molecule has 0 aromatic heterocycles. The molecule has 8 heteroatoms. The number of methoxy groups -OCH3 is 1. The zero-order valence-corrected chi connectivity index (χ0v) is 17.0. The fourth-order valence-corrected chi connectivity index (χ4v) is 3.56. The average Bonchev–Trinajstić information content (AvgIpc) is 2.69. The van der Waals surface area contributed by atoms with Gasteiger partial charge < -0.3 is 20.5 Å². The Hall–Kier alpha value is -2.02. The maximum absolute atomic E-state index is 13.3. The molecule has 0 atom stereocenters. The van der Waals surface area contributed by atoms with Crippen LogP contribution in [0.5, 0.6) is 5.75 Å². The van der Waals surface area contributed by atoms with Crippen LogP contribution in [0.2, 0.25) is 5.02 Å². The molecule has 0 bridgehead atoms. The van der Waals surface area contributed by atoms with E-state index in [-0.39, 0.29) is 29.5 Å². The van der Waals surface area contributed by atoms with Crippen LogP contribution in [0.15, 0.2) is 36.4 Å². The molecular weight excluding hydrogens is 406 g/mol. The monoisotopic (exact) mass is 428 g/mol. The molecule has 5 nitrogen and oxygen atoms in total. The van der Waals surface area contributed by atoms with Gasteiger partial charge >= 0.3 is 0 Å². The molecule has 1 amide bonds. The number of nitrogens with one attached hydrogen (secondary N) is 1. The zero-order chi connectivity index (χ0) is 19.4. The Kier molecular flexibility index (Phi) is 7.52. The number of rotatable bonds is 5. The Bertz CT molecular complexity index is 825. The SMILES string of the molecule is COc1cc(N)c(Cl)cc1C(=O)NCC1(c2ccc(F)cc2)CCOCC1.Cl. The summed E-state index contributed by atoms with van der Waals surface area (Å²) in [5.41, 5.74) is 7.11. The molecule has 1 aliphatic rings. The van der Waals surface area contributed by atoms with Crippen LogP contribution < -0.4 is 15.8 Å². The number of halogens is 3. The van der Waals surface area contributed by atoms with Crippen LogP contribution in [0.3, 0.4) is 0 Å². The van der Waals surface area contributed by atoms with Crippen molar-refractivity contribution >= 4 is 35.6 Å². The van der Waals surface area contributed by atoms with E-state index in [1.807, 2.05) is 0 Å². The van der Waals surface area contributed by atoms with E-state index in [0.717, 1.165) is 18.4 Å². The van der Waals surface area contributed by atoms with Crippen LogP contribution in [0.25, 0.3) is 0 Å². The minimum absolute atomic E-state index is 0. The lowest BCUT2D eigenvalue weighted by atomic mass is 9.74. The predicted molar refractivity (Wildman–Crippen MR) is 110 cm³/mol. The van der Waals surface area contributed by atoms with E-state index in [4.69, 9.17) is 26.8 Å². The summed E-state index contributed by atoms with van der Waals surface area (Å²) in [6, 6.07) is 9.45. The van der Waals surface area contributed by atoms with Crippen molar-refractivity contribution in [3.8, 4) is 5.75 Å². The van der Waals surface area contributed by atoms with E-state index < -0.39 is 0 Å². The highest BCUT2D eigenvalue weighted by Crippen LogP contribution is 2.35. The minimum Gasteiger partial charge on any atom is -0.496 e. The van der Waals surface area contributed by atoms with Crippen molar-refractivity contribution in [1.82, 2.24) is 5.32 Å². The molecule has 152 valence electrons. The molecule has 3 rings (SSSR count). The average molecular weight is 429 g/mol. The number of hydrogen-bond acceptors (Lipinski definition) is 4. The number of benzene rings is 2. The first-order chi connectivity index (χ1) is 12.9. The molecule has 0 radical (unpaired) electrons. The zero-order valence-electron chi connectivity index (χ0n) is 15.5. The standard InChI is InChI=1S/C20H22ClFN2O3.ClH/c1-26-18-11-17(23)16(21)10-15(18)19(25)24-12-20(6-8-27-9-7-20)13-2-4-14(22)5-3-13;/h2-5,10-11H,6-9,12,23H2,1H3,(H,24,25);1H. The van der Waals surface area contributed by atoms with Crippen LogP contribution in [-0.4, -0.2) is 32.8 Å². The molecule has 1 fully saturated rings. The van der Waals surface area contributed by atoms with Gasteiger partial charge in [0.1, 0.15) is 11.6 Å². The molecule has 1 saturated heterocycles. The number of carbonyl (C=O) groups excluding carboxylic acids is 1. The smallest absolute Gasteiger partial charge is 0.255 e. The molecule has 1 heterocycles. The Morgan fingerprint density at radius 1 is 1.29 bits per heavy atom. The first-order valence-corrected chi connectivity index (χ1v) is 9.08. The summed E-state index contributed by atoms with van der Waals surface area (Å²) in [5, 5.41) is 3.27. The topological polar surface area (TPSA) is 73.6 Å². The summed E-state index contributed by atoms with van der Waals surface area (Å²) in [7, 11) is 1.47. The fraction of sp³-hybridized carbons (Fsp3) is 0.350. The van der Waals surface area contributed by atoms with Gasteiger partial charge in [-0.05, 0) is 36.6 Å². The summed E-state index contributed by atoms with van der Waals surface area (Å²) < 4.78 is 24.1. The molecule has 0 unspecified atom stereocenters. The number of nitrogens with two attached hydrogens (primary N) is 1. The molecular formula is C20H23Cl2FN2O3. The van der Waals surface area contributed by atoms with Crippen LogP contribution in [-0.2, 0) is 10.2 Å². The van der Waals surface area contributed by atoms with Crippen molar-refractivity contribution in [3.05, 3.63) is 58.4 Å². The number of amides is 1. The van der Waals surface area contributed by atoms with Gasteiger partial charge in [0, 0.05) is 31.2 Å². The van der Waals surface area contributed by atoms with Gasteiger partial charge in [-0.15, -0.1) is 12.4 Å². The van der Waals surface area contributed by atoms with Crippen molar-refractivity contribution in [2.45, 2.75) is 18.3 Å². The largest absolute Gasteiger partial charge is 0.496 e. The fourth-order valence-electron chi connectivity index (χ4n) is 3.39. The second kappa shape index (κ2) is 9.45. The van der Waals surface area contributed by atoms with Crippen molar-refractivity contribution in [3.63, 3.8) is 0 Å². The maximum Gasteiger partial charge on any atom is 0.255 e. The van der Waals surface area contributed by atoms with Gasteiger partial charge in [0.05, 0.1) is 23.4 Å². The second-order valence-electron chi connectivity index (χ2n) is 6.66. The van der Waals surface area contributed by atoms with E-state index >= 15 is 0 Å². The third-order valence-corrected chi connectivity index (χ3v) is 5.38. The second-order valence-corrected chi connectivity index (χ2v) is 7.06. The van der Waals surface area contributed by atoms with Crippen molar-refractivity contribution in [1.29, 1.82) is 0 Å². The lowest BCUT2D eigenvalue weighted by Crippen LogP contribution is -2.44. The first-order valence-electron chi connectivity index (χ1n) is 8.70. The Balaban J connectivity index is 0.00000280. The summed E-state index contributed by atoms with van der Waals surface area (Å²) >= 11 is 6.06. The molecule has 1 aliphatic heterocycles. The highest BCUT2D eigenvalue weighted by Gasteiger charge is 2.35. The number of nitrogen functional groups attached to an aromatic ring is 1. The lowest BCUT2D eigenvalue weighted by molar-refractivity contribution is 0.0486. The van der Waals surface area contributed by atoms with Crippen LogP contribution in [0.4, 0.5) is 10.1 Å². The third-order valence-electron chi connectivity index (χ3n) is 5.06. The summed E-state index contributed by atoms with van der Waals surface area (Å²) in [6.07, 6.45) is 1.47. The maximum atomic E-state index is 13.3. The van der Waals surface area contributed by atoms with E-state index in [0.29, 0.717) is 41.8 Å². The minimum atomic E-state index is -0.313. The van der Waals surface area contributed by atoms with Crippen molar-refractivity contribution < 1.29 is 18.7 Å². The van der Waals surface area contributed by atoms with E-state index in [1.54, 1.807) is 12.1 Å². The number of anilines is 1. The first kappa shape index (κ1) is 22.3. The van der Waals surface area contributed by atoms with Gasteiger partial charge in [-0.3, -0.25) is 4.79 Å². The summed E-state index contributed by atoms with van der Waals surface area (Å²) in [5.74, 6) is -0.231. The number of ether oxygens (including phenoxy) is 2. The molecule has 3 N–H and O–H groups in total. The molecule has 0 saturated carbocycles. The van der Waals surface area contributed by atoms with Gasteiger partial charge in [-0.1, -0.05) is 23.7 Å². The molecule has 2 aromatic rings. The Labute approximate surface area is 174 Å². The normalized spacial score (nSPS) is 15.4. The van der Waals surface area contributed by atoms with Crippen LogP contribution in [0, 0.1) is 5.82 Å².